The van der Waals surface area contributed by atoms with Crippen LogP contribution in [0.5, 0.6) is 5.75 Å². The first-order valence-corrected chi connectivity index (χ1v) is 9.19. The molecule has 1 unspecified atom stereocenters. The number of hydrogen-bond acceptors (Lipinski definition) is 2. The maximum Gasteiger partial charge on any atom is 0.220 e. The number of halogens is 2. The molecule has 1 N–H and O–H groups in total. The van der Waals surface area contributed by atoms with Gasteiger partial charge in [0.2, 0.25) is 5.91 Å². The summed E-state index contributed by atoms with van der Waals surface area (Å²) in [5.41, 5.74) is 0. The third kappa shape index (κ3) is 8.47. The number of amides is 1. The van der Waals surface area contributed by atoms with Gasteiger partial charge in [-0.25, -0.2) is 0 Å². The molecule has 0 fully saturated rings. The van der Waals surface area contributed by atoms with Crippen molar-refractivity contribution in [3.8, 4) is 5.75 Å². The van der Waals surface area contributed by atoms with Crippen LogP contribution in [0.1, 0.15) is 58.8 Å². The number of carbonyl (C=O) groups excluding carboxylic acids is 1. The van der Waals surface area contributed by atoms with E-state index in [1.807, 2.05) is 0 Å². The van der Waals surface area contributed by atoms with E-state index in [9.17, 15) is 4.79 Å². The van der Waals surface area contributed by atoms with E-state index in [4.69, 9.17) is 27.9 Å². The lowest BCUT2D eigenvalue weighted by atomic mass is 10.1. The minimum atomic E-state index is 0.0964. The Morgan fingerprint density at radius 3 is 2.65 bits per heavy atom. The molecule has 0 aromatic heterocycles. The molecule has 0 heterocycles. The maximum atomic E-state index is 12.0. The van der Waals surface area contributed by atoms with Crippen LogP contribution in [0, 0.1) is 0 Å². The highest BCUT2D eigenvalue weighted by molar-refractivity contribution is 6.35. The Bertz CT molecular complexity index is 480. The Kier molecular flexibility index (Phi) is 10.1. The molecule has 0 spiro atoms. The minimum Gasteiger partial charge on any atom is -0.492 e. The Morgan fingerprint density at radius 2 is 2.00 bits per heavy atom. The van der Waals surface area contributed by atoms with E-state index in [2.05, 4.69) is 19.2 Å². The minimum absolute atomic E-state index is 0.0964. The summed E-state index contributed by atoms with van der Waals surface area (Å²) in [5, 5.41) is 4.17. The second-order valence-corrected chi connectivity index (χ2v) is 6.54. The monoisotopic (exact) mass is 359 g/mol. The van der Waals surface area contributed by atoms with Crippen LogP contribution >= 0.6 is 23.2 Å². The highest BCUT2D eigenvalue weighted by atomic mass is 35.5. The van der Waals surface area contributed by atoms with Crippen LogP contribution in [0.25, 0.3) is 0 Å². The van der Waals surface area contributed by atoms with Gasteiger partial charge in [-0.1, -0.05) is 56.3 Å². The molecule has 0 bridgehead atoms. The molecular formula is C18H27Cl2NO2. The topological polar surface area (TPSA) is 38.3 Å². The molecule has 0 radical (unpaired) electrons. The largest absolute Gasteiger partial charge is 0.492 e. The summed E-state index contributed by atoms with van der Waals surface area (Å²) in [7, 11) is 0. The highest BCUT2D eigenvalue weighted by Crippen LogP contribution is 2.27. The first kappa shape index (κ1) is 20.1. The van der Waals surface area contributed by atoms with Crippen molar-refractivity contribution in [3.63, 3.8) is 0 Å². The fourth-order valence-corrected chi connectivity index (χ4v) is 2.79. The van der Waals surface area contributed by atoms with Gasteiger partial charge in [-0.2, -0.15) is 0 Å². The van der Waals surface area contributed by atoms with Gasteiger partial charge in [0.25, 0.3) is 0 Å². The van der Waals surface area contributed by atoms with Crippen LogP contribution in [-0.4, -0.2) is 18.6 Å². The summed E-state index contributed by atoms with van der Waals surface area (Å²) in [6.45, 7) is 4.76. The quantitative estimate of drug-likeness (QED) is 0.520. The summed E-state index contributed by atoms with van der Waals surface area (Å²) < 4.78 is 5.58. The van der Waals surface area contributed by atoms with Gasteiger partial charge in [0.05, 0.1) is 11.6 Å². The molecule has 0 saturated heterocycles. The molecule has 23 heavy (non-hydrogen) atoms. The second-order valence-electron chi connectivity index (χ2n) is 5.70. The van der Waals surface area contributed by atoms with Crippen molar-refractivity contribution in [1.82, 2.24) is 5.32 Å². The van der Waals surface area contributed by atoms with E-state index in [0.717, 1.165) is 12.8 Å². The first-order valence-electron chi connectivity index (χ1n) is 8.44. The average Bonchev–Trinajstić information content (AvgIpc) is 2.52. The fourth-order valence-electron chi connectivity index (χ4n) is 2.33. The van der Waals surface area contributed by atoms with Crippen molar-refractivity contribution in [1.29, 1.82) is 0 Å². The van der Waals surface area contributed by atoms with Gasteiger partial charge in [-0.3, -0.25) is 4.79 Å². The Labute approximate surface area is 149 Å². The van der Waals surface area contributed by atoms with Gasteiger partial charge in [0, 0.05) is 17.5 Å². The van der Waals surface area contributed by atoms with Crippen molar-refractivity contribution in [2.75, 3.05) is 6.61 Å². The van der Waals surface area contributed by atoms with E-state index >= 15 is 0 Å². The molecule has 130 valence electrons. The van der Waals surface area contributed by atoms with Gasteiger partial charge >= 0.3 is 0 Å². The zero-order valence-corrected chi connectivity index (χ0v) is 15.6. The molecule has 0 saturated carbocycles. The van der Waals surface area contributed by atoms with Crippen molar-refractivity contribution in [2.24, 2.45) is 0 Å². The van der Waals surface area contributed by atoms with Gasteiger partial charge < -0.3 is 10.1 Å². The van der Waals surface area contributed by atoms with Crippen LogP contribution in [-0.2, 0) is 4.79 Å². The lowest BCUT2D eigenvalue weighted by Gasteiger charge is -2.17. The number of rotatable bonds is 11. The fraction of sp³-hybridized carbons (Fsp3) is 0.611. The molecule has 1 aromatic rings. The predicted octanol–water partition coefficient (Wildman–Crippen LogP) is 5.63. The Balaban J connectivity index is 2.22. The second kappa shape index (κ2) is 11.6. The van der Waals surface area contributed by atoms with Crippen LogP contribution in [0.2, 0.25) is 10.0 Å². The molecule has 1 amide bonds. The van der Waals surface area contributed by atoms with Gasteiger partial charge in [0.15, 0.2) is 0 Å². The number of ether oxygens (including phenoxy) is 1. The SMILES string of the molecule is CCCCCC(CC)NC(=O)CCCOc1ccc(Cl)cc1Cl. The molecule has 5 heteroatoms. The molecular weight excluding hydrogens is 333 g/mol. The lowest BCUT2D eigenvalue weighted by Crippen LogP contribution is -2.34. The lowest BCUT2D eigenvalue weighted by molar-refractivity contribution is -0.122. The van der Waals surface area contributed by atoms with E-state index in [1.165, 1.54) is 19.3 Å². The molecule has 1 atom stereocenters. The standard InChI is InChI=1S/C18H27Cl2NO2/c1-3-5-6-8-15(4-2)21-18(22)9-7-12-23-17-11-10-14(19)13-16(17)20/h10-11,13,15H,3-9,12H2,1-2H3,(H,21,22). The number of carbonyl (C=O) groups is 1. The highest BCUT2D eigenvalue weighted by Gasteiger charge is 2.10. The van der Waals surface area contributed by atoms with Crippen LogP contribution < -0.4 is 10.1 Å². The zero-order valence-electron chi connectivity index (χ0n) is 14.0. The molecule has 0 aliphatic rings. The molecule has 0 aliphatic heterocycles. The van der Waals surface area contributed by atoms with Crippen molar-refractivity contribution in [2.45, 2.75) is 64.8 Å². The number of unbranched alkanes of at least 4 members (excludes halogenated alkanes) is 2. The molecule has 1 rings (SSSR count). The zero-order chi connectivity index (χ0) is 17.1. The summed E-state index contributed by atoms with van der Waals surface area (Å²) in [6, 6.07) is 5.41. The van der Waals surface area contributed by atoms with E-state index < -0.39 is 0 Å². The Morgan fingerprint density at radius 1 is 1.22 bits per heavy atom. The van der Waals surface area contributed by atoms with E-state index in [-0.39, 0.29) is 5.91 Å². The smallest absolute Gasteiger partial charge is 0.220 e. The predicted molar refractivity (Wildman–Crippen MR) is 97.6 cm³/mol. The number of nitrogens with one attached hydrogen (secondary N) is 1. The summed E-state index contributed by atoms with van der Waals surface area (Å²) in [4.78, 5) is 12.0. The summed E-state index contributed by atoms with van der Waals surface area (Å²) in [5.74, 6) is 0.696. The number of hydrogen-bond donors (Lipinski definition) is 1. The van der Waals surface area contributed by atoms with Crippen molar-refractivity contribution < 1.29 is 9.53 Å². The Hall–Kier alpha value is -0.930. The summed E-state index contributed by atoms with van der Waals surface area (Å²) in [6.07, 6.45) is 6.77. The van der Waals surface area contributed by atoms with Crippen molar-refractivity contribution in [3.05, 3.63) is 28.2 Å². The van der Waals surface area contributed by atoms with Crippen molar-refractivity contribution >= 4 is 29.1 Å². The summed E-state index contributed by atoms with van der Waals surface area (Å²) >= 11 is 11.9. The number of benzene rings is 1. The average molecular weight is 360 g/mol. The molecule has 0 aliphatic carbocycles. The van der Waals surface area contributed by atoms with Gasteiger partial charge in [-0.05, 0) is 37.5 Å². The van der Waals surface area contributed by atoms with Crippen LogP contribution in [0.15, 0.2) is 18.2 Å². The van der Waals surface area contributed by atoms with E-state index in [0.29, 0.717) is 41.3 Å². The first-order chi connectivity index (χ1) is 11.1. The normalized spacial score (nSPS) is 12.0. The maximum absolute atomic E-state index is 12.0. The van der Waals surface area contributed by atoms with E-state index in [1.54, 1.807) is 18.2 Å². The van der Waals surface area contributed by atoms with Crippen LogP contribution in [0.4, 0.5) is 0 Å². The van der Waals surface area contributed by atoms with Gasteiger partial charge in [0.1, 0.15) is 5.75 Å². The third-order valence-electron chi connectivity index (χ3n) is 3.71. The van der Waals surface area contributed by atoms with Crippen LogP contribution in [0.3, 0.4) is 0 Å². The third-order valence-corrected chi connectivity index (χ3v) is 4.24. The molecule has 3 nitrogen and oxygen atoms in total. The van der Waals surface area contributed by atoms with Gasteiger partial charge in [-0.15, -0.1) is 0 Å². The molecule has 1 aromatic carbocycles.